The highest BCUT2D eigenvalue weighted by atomic mass is 35.5. The van der Waals surface area contributed by atoms with Crippen LogP contribution < -0.4 is 5.32 Å². The lowest BCUT2D eigenvalue weighted by Gasteiger charge is -2.18. The molecule has 2 aromatic heterocycles. The molecule has 0 fully saturated rings. The van der Waals surface area contributed by atoms with Gasteiger partial charge < -0.3 is 5.32 Å². The van der Waals surface area contributed by atoms with Gasteiger partial charge in [-0.15, -0.1) is 0 Å². The summed E-state index contributed by atoms with van der Waals surface area (Å²) in [5.74, 6) is -0.110. The van der Waals surface area contributed by atoms with Crippen LogP contribution in [0.1, 0.15) is 38.5 Å². The first-order valence-corrected chi connectivity index (χ1v) is 6.92. The van der Waals surface area contributed by atoms with E-state index >= 15 is 0 Å². The van der Waals surface area contributed by atoms with Crippen molar-refractivity contribution in [2.45, 2.75) is 39.4 Å². The van der Waals surface area contributed by atoms with Gasteiger partial charge in [-0.3, -0.25) is 14.2 Å². The average molecular weight is 296 g/mol. The Morgan fingerprint density at radius 2 is 2.20 bits per heavy atom. The Morgan fingerprint density at radius 1 is 1.45 bits per heavy atom. The molecule has 2 aromatic rings. The first-order valence-electron chi connectivity index (χ1n) is 6.54. The van der Waals surface area contributed by atoms with Gasteiger partial charge in [-0.25, -0.2) is 0 Å². The standard InChI is InChI=1S/C13H18ClN5O/c1-4-18-12(5-6-15-18)9(2)17-13(20)10(3)19-8-11(14)7-16-19/h5-10H,4H2,1-3H3,(H,17,20). The molecule has 0 saturated heterocycles. The monoisotopic (exact) mass is 295 g/mol. The average Bonchev–Trinajstić information content (AvgIpc) is 3.05. The lowest BCUT2D eigenvalue weighted by atomic mass is 10.2. The first-order chi connectivity index (χ1) is 9.52. The van der Waals surface area contributed by atoms with Crippen LogP contribution in [0, 0.1) is 0 Å². The number of nitrogens with zero attached hydrogens (tertiary/aromatic N) is 4. The first kappa shape index (κ1) is 14.6. The number of halogens is 1. The van der Waals surface area contributed by atoms with E-state index < -0.39 is 6.04 Å². The summed E-state index contributed by atoms with van der Waals surface area (Å²) in [6, 6.07) is 1.38. The van der Waals surface area contributed by atoms with E-state index in [-0.39, 0.29) is 11.9 Å². The third-order valence-corrected chi connectivity index (χ3v) is 3.39. The number of hydrogen-bond acceptors (Lipinski definition) is 3. The molecule has 0 saturated carbocycles. The Labute approximate surface area is 122 Å². The molecule has 0 aliphatic carbocycles. The maximum Gasteiger partial charge on any atom is 0.245 e. The van der Waals surface area contributed by atoms with Gasteiger partial charge in [0.1, 0.15) is 6.04 Å². The number of rotatable bonds is 5. The van der Waals surface area contributed by atoms with Gasteiger partial charge in [0.15, 0.2) is 0 Å². The summed E-state index contributed by atoms with van der Waals surface area (Å²) in [6.07, 6.45) is 4.88. The summed E-state index contributed by atoms with van der Waals surface area (Å²) in [5, 5.41) is 11.7. The Bertz CT molecular complexity index is 591. The number of aromatic nitrogens is 4. The van der Waals surface area contributed by atoms with Crippen molar-refractivity contribution >= 4 is 17.5 Å². The molecule has 0 aliphatic rings. The molecule has 1 amide bonds. The highest BCUT2D eigenvalue weighted by molar-refractivity contribution is 6.30. The van der Waals surface area contributed by atoms with Gasteiger partial charge in [-0.1, -0.05) is 11.6 Å². The zero-order valence-corrected chi connectivity index (χ0v) is 12.5. The predicted octanol–water partition coefficient (Wildman–Crippen LogP) is 2.19. The van der Waals surface area contributed by atoms with E-state index in [0.717, 1.165) is 12.2 Å². The van der Waals surface area contributed by atoms with E-state index in [1.165, 1.54) is 6.20 Å². The predicted molar refractivity (Wildman–Crippen MR) is 76.4 cm³/mol. The molecule has 108 valence electrons. The highest BCUT2D eigenvalue weighted by Gasteiger charge is 2.19. The fourth-order valence-electron chi connectivity index (χ4n) is 2.03. The van der Waals surface area contributed by atoms with Crippen LogP contribution in [-0.2, 0) is 11.3 Å². The van der Waals surface area contributed by atoms with Gasteiger partial charge in [0, 0.05) is 18.9 Å². The highest BCUT2D eigenvalue weighted by Crippen LogP contribution is 2.15. The van der Waals surface area contributed by atoms with Crippen LogP contribution >= 0.6 is 11.6 Å². The van der Waals surface area contributed by atoms with Crippen LogP contribution in [0.15, 0.2) is 24.7 Å². The van der Waals surface area contributed by atoms with Gasteiger partial charge in [0.2, 0.25) is 5.91 Å². The van der Waals surface area contributed by atoms with E-state index in [1.807, 2.05) is 24.6 Å². The molecule has 0 aromatic carbocycles. The largest absolute Gasteiger partial charge is 0.346 e. The molecule has 2 atom stereocenters. The van der Waals surface area contributed by atoms with E-state index in [4.69, 9.17) is 11.6 Å². The lowest BCUT2D eigenvalue weighted by molar-refractivity contribution is -0.124. The fraction of sp³-hybridized carbons (Fsp3) is 0.462. The molecule has 2 rings (SSSR count). The zero-order chi connectivity index (χ0) is 14.7. The molecule has 0 aliphatic heterocycles. The summed E-state index contributed by atoms with van der Waals surface area (Å²) in [5.41, 5.74) is 0.978. The molecular weight excluding hydrogens is 278 g/mol. The van der Waals surface area contributed by atoms with Crippen molar-refractivity contribution in [3.63, 3.8) is 0 Å². The van der Waals surface area contributed by atoms with Crippen LogP contribution in [0.5, 0.6) is 0 Å². The van der Waals surface area contributed by atoms with Gasteiger partial charge in [0.05, 0.1) is 23.0 Å². The van der Waals surface area contributed by atoms with Crippen molar-refractivity contribution in [2.24, 2.45) is 0 Å². The smallest absolute Gasteiger partial charge is 0.245 e. The number of nitrogens with one attached hydrogen (secondary N) is 1. The molecule has 0 spiro atoms. The minimum atomic E-state index is -0.414. The number of hydrogen-bond donors (Lipinski definition) is 1. The summed E-state index contributed by atoms with van der Waals surface area (Å²) < 4.78 is 3.40. The Kier molecular flexibility index (Phi) is 4.44. The Balaban J connectivity index is 2.04. The van der Waals surface area contributed by atoms with Crippen molar-refractivity contribution in [1.29, 1.82) is 0 Å². The summed E-state index contributed by atoms with van der Waals surface area (Å²) in [6.45, 7) is 6.50. The van der Waals surface area contributed by atoms with E-state index in [9.17, 15) is 4.79 Å². The summed E-state index contributed by atoms with van der Waals surface area (Å²) in [4.78, 5) is 12.2. The molecule has 0 radical (unpaired) electrons. The molecule has 1 N–H and O–H groups in total. The SMILES string of the molecule is CCn1nccc1C(C)NC(=O)C(C)n1cc(Cl)cn1. The normalized spacial score (nSPS) is 14.0. The molecule has 6 nitrogen and oxygen atoms in total. The molecular formula is C13H18ClN5O. The number of carbonyl (C=O) groups excluding carboxylic acids is 1. The minimum Gasteiger partial charge on any atom is -0.346 e. The van der Waals surface area contributed by atoms with Gasteiger partial charge in [-0.05, 0) is 26.8 Å². The van der Waals surface area contributed by atoms with Gasteiger partial charge in [0.25, 0.3) is 0 Å². The lowest BCUT2D eigenvalue weighted by Crippen LogP contribution is -2.34. The fourth-order valence-corrected chi connectivity index (χ4v) is 2.17. The van der Waals surface area contributed by atoms with Crippen molar-refractivity contribution in [1.82, 2.24) is 24.9 Å². The zero-order valence-electron chi connectivity index (χ0n) is 11.7. The Morgan fingerprint density at radius 3 is 2.80 bits per heavy atom. The second-order valence-electron chi connectivity index (χ2n) is 4.62. The molecule has 0 bridgehead atoms. The van der Waals surface area contributed by atoms with Crippen LogP contribution in [0.3, 0.4) is 0 Å². The maximum atomic E-state index is 12.2. The second-order valence-corrected chi connectivity index (χ2v) is 5.05. The Hall–Kier alpha value is -1.82. The van der Waals surface area contributed by atoms with Crippen molar-refractivity contribution in [3.05, 3.63) is 35.4 Å². The third kappa shape index (κ3) is 3.01. The van der Waals surface area contributed by atoms with Crippen molar-refractivity contribution in [3.8, 4) is 0 Å². The van der Waals surface area contributed by atoms with Gasteiger partial charge >= 0.3 is 0 Å². The minimum absolute atomic E-state index is 0.110. The van der Waals surface area contributed by atoms with E-state index in [1.54, 1.807) is 24.0 Å². The maximum absolute atomic E-state index is 12.2. The summed E-state index contributed by atoms with van der Waals surface area (Å²) >= 11 is 5.81. The van der Waals surface area contributed by atoms with Crippen LogP contribution in [0.2, 0.25) is 5.02 Å². The van der Waals surface area contributed by atoms with Gasteiger partial charge in [-0.2, -0.15) is 10.2 Å². The van der Waals surface area contributed by atoms with Crippen LogP contribution in [-0.4, -0.2) is 25.5 Å². The second kappa shape index (κ2) is 6.09. The quantitative estimate of drug-likeness (QED) is 0.919. The number of aryl methyl sites for hydroxylation is 1. The van der Waals surface area contributed by atoms with Crippen molar-refractivity contribution < 1.29 is 4.79 Å². The van der Waals surface area contributed by atoms with Crippen LogP contribution in [0.4, 0.5) is 0 Å². The molecule has 7 heteroatoms. The molecule has 2 unspecified atom stereocenters. The van der Waals surface area contributed by atoms with Crippen LogP contribution in [0.25, 0.3) is 0 Å². The topological polar surface area (TPSA) is 64.7 Å². The van der Waals surface area contributed by atoms with Crippen molar-refractivity contribution in [2.75, 3.05) is 0 Å². The number of carbonyl (C=O) groups is 1. The number of amides is 1. The summed E-state index contributed by atoms with van der Waals surface area (Å²) in [7, 11) is 0. The van der Waals surface area contributed by atoms with E-state index in [0.29, 0.717) is 5.02 Å². The molecule has 20 heavy (non-hydrogen) atoms. The third-order valence-electron chi connectivity index (χ3n) is 3.20. The van der Waals surface area contributed by atoms with E-state index in [2.05, 4.69) is 15.5 Å². The molecule has 2 heterocycles.